The molecule has 2 amide bonds. The fourth-order valence-corrected chi connectivity index (χ4v) is 8.52. The highest BCUT2D eigenvalue weighted by Gasteiger charge is 2.40. The van der Waals surface area contributed by atoms with E-state index in [1.54, 1.807) is 11.3 Å². The standard InChI is InChI=1S/C37H47N3O5S/c1-23-14-34(38-37(43)33-22-46-35-8-6-5-7-32(33)35)24(2)13-28(23)15-36(42)40-19-29(39-17-25(3)45-26(4)18-39)16-30(40)21-44-31-11-9-27(20-41)10-12-31/h5-8,13-14,20,22,25-27,29-31H,9-12,15-19,21H2,1-4H3,(H,38,43)/t25-,26+,27-,29-,30-,31-/m0/s1. The van der Waals surface area contributed by atoms with Crippen LogP contribution in [0, 0.1) is 19.8 Å². The van der Waals surface area contributed by atoms with E-state index in [4.69, 9.17) is 9.47 Å². The number of rotatable bonds is 9. The average molecular weight is 646 g/mol. The molecule has 1 N–H and O–H groups in total. The van der Waals surface area contributed by atoms with Gasteiger partial charge in [-0.05, 0) is 88.6 Å². The van der Waals surface area contributed by atoms with E-state index < -0.39 is 0 Å². The molecular weight excluding hydrogens is 598 g/mol. The highest BCUT2D eigenvalue weighted by molar-refractivity contribution is 7.17. The van der Waals surface area contributed by atoms with Gasteiger partial charge in [0.05, 0.1) is 42.9 Å². The van der Waals surface area contributed by atoms with Crippen molar-refractivity contribution in [2.45, 2.75) is 96.6 Å². The number of aryl methyl sites for hydroxylation is 2. The van der Waals surface area contributed by atoms with Crippen molar-refractivity contribution in [1.29, 1.82) is 0 Å². The largest absolute Gasteiger partial charge is 0.376 e. The van der Waals surface area contributed by atoms with Gasteiger partial charge in [0.2, 0.25) is 5.91 Å². The lowest BCUT2D eigenvalue weighted by molar-refractivity contribution is -0.133. The maximum absolute atomic E-state index is 14.0. The van der Waals surface area contributed by atoms with Gasteiger partial charge in [0, 0.05) is 52.7 Å². The Morgan fingerprint density at radius 3 is 2.50 bits per heavy atom. The van der Waals surface area contributed by atoms with Crippen LogP contribution >= 0.6 is 11.3 Å². The highest BCUT2D eigenvalue weighted by atomic mass is 32.1. The third-order valence-electron chi connectivity index (χ3n) is 10.1. The SMILES string of the molecule is Cc1cc(NC(=O)c2csc3ccccc23)c(C)cc1CC(=O)N1C[C@@H](N2C[C@@H](C)O[C@@H](C)C2)C[C@H]1CO[C@H]1CC[C@H](C=O)CC1. The Morgan fingerprint density at radius 1 is 1.02 bits per heavy atom. The molecule has 0 spiro atoms. The van der Waals surface area contributed by atoms with Crippen LogP contribution in [0.1, 0.15) is 73.0 Å². The molecule has 2 aromatic carbocycles. The molecule has 3 aliphatic rings. The molecule has 2 aliphatic heterocycles. The van der Waals surface area contributed by atoms with Gasteiger partial charge >= 0.3 is 0 Å². The Kier molecular flexibility index (Phi) is 10.2. The minimum absolute atomic E-state index is 0.00940. The number of fused-ring (bicyclic) bond motifs is 1. The van der Waals surface area contributed by atoms with Gasteiger partial charge in [-0.3, -0.25) is 14.5 Å². The third-order valence-corrected chi connectivity index (χ3v) is 11.1. The van der Waals surface area contributed by atoms with Gasteiger partial charge in [-0.1, -0.05) is 24.3 Å². The van der Waals surface area contributed by atoms with E-state index in [9.17, 15) is 14.4 Å². The van der Waals surface area contributed by atoms with E-state index in [1.807, 2.05) is 55.6 Å². The summed E-state index contributed by atoms with van der Waals surface area (Å²) in [4.78, 5) is 43.0. The van der Waals surface area contributed by atoms with Crippen LogP contribution in [-0.2, 0) is 25.5 Å². The molecule has 1 aliphatic carbocycles. The van der Waals surface area contributed by atoms with Crippen LogP contribution in [0.5, 0.6) is 0 Å². The normalized spacial score (nSPS) is 27.2. The molecule has 1 saturated carbocycles. The first-order chi connectivity index (χ1) is 22.2. The summed E-state index contributed by atoms with van der Waals surface area (Å²) in [6, 6.07) is 12.3. The van der Waals surface area contributed by atoms with E-state index in [2.05, 4.69) is 29.0 Å². The van der Waals surface area contributed by atoms with Gasteiger partial charge < -0.3 is 24.5 Å². The second-order valence-corrected chi connectivity index (χ2v) is 14.6. The number of hydrogen-bond acceptors (Lipinski definition) is 7. The first kappa shape index (κ1) is 32.8. The third kappa shape index (κ3) is 7.38. The van der Waals surface area contributed by atoms with Crippen molar-refractivity contribution < 1.29 is 23.9 Å². The van der Waals surface area contributed by atoms with Crippen molar-refractivity contribution in [2.24, 2.45) is 5.92 Å². The molecule has 2 saturated heterocycles. The summed E-state index contributed by atoms with van der Waals surface area (Å²) in [5.41, 5.74) is 4.33. The molecule has 9 heteroatoms. The molecule has 8 nitrogen and oxygen atoms in total. The average Bonchev–Trinajstić information content (AvgIpc) is 3.67. The molecule has 3 heterocycles. The number of amides is 2. The predicted molar refractivity (Wildman–Crippen MR) is 183 cm³/mol. The second-order valence-electron chi connectivity index (χ2n) is 13.7. The Hall–Kier alpha value is -3.11. The maximum atomic E-state index is 14.0. The van der Waals surface area contributed by atoms with Gasteiger partial charge in [-0.25, -0.2) is 0 Å². The number of likely N-dealkylation sites (tertiary alicyclic amines) is 1. The predicted octanol–water partition coefficient (Wildman–Crippen LogP) is 6.17. The number of hydrogen-bond donors (Lipinski definition) is 1. The zero-order chi connectivity index (χ0) is 32.4. The molecule has 3 aromatic rings. The van der Waals surface area contributed by atoms with Crippen LogP contribution in [0.15, 0.2) is 41.8 Å². The second kappa shape index (κ2) is 14.3. The van der Waals surface area contributed by atoms with Crippen LogP contribution in [-0.4, -0.2) is 84.5 Å². The minimum atomic E-state index is -0.124. The van der Waals surface area contributed by atoms with Crippen LogP contribution in [0.25, 0.3) is 10.1 Å². The molecule has 46 heavy (non-hydrogen) atoms. The zero-order valence-corrected chi connectivity index (χ0v) is 28.3. The van der Waals surface area contributed by atoms with Crippen molar-refractivity contribution in [3.8, 4) is 0 Å². The van der Waals surface area contributed by atoms with Gasteiger partial charge in [0.15, 0.2) is 0 Å². The van der Waals surface area contributed by atoms with Crippen molar-refractivity contribution >= 4 is 45.2 Å². The van der Waals surface area contributed by atoms with Crippen molar-refractivity contribution in [3.05, 3.63) is 64.0 Å². The van der Waals surface area contributed by atoms with Crippen molar-refractivity contribution in [1.82, 2.24) is 9.80 Å². The van der Waals surface area contributed by atoms with Gasteiger partial charge in [-0.2, -0.15) is 0 Å². The van der Waals surface area contributed by atoms with E-state index in [1.165, 1.54) is 0 Å². The number of nitrogens with one attached hydrogen (secondary N) is 1. The van der Waals surface area contributed by atoms with E-state index in [0.717, 1.165) is 83.9 Å². The minimum Gasteiger partial charge on any atom is -0.376 e. The summed E-state index contributed by atoms with van der Waals surface area (Å²) in [6.07, 6.45) is 6.31. The molecule has 4 atom stereocenters. The van der Waals surface area contributed by atoms with Crippen LogP contribution in [0.4, 0.5) is 5.69 Å². The summed E-state index contributed by atoms with van der Waals surface area (Å²) in [5, 5.41) is 5.98. The van der Waals surface area contributed by atoms with Gasteiger partial charge in [0.25, 0.3) is 5.91 Å². The summed E-state index contributed by atoms with van der Waals surface area (Å²) < 4.78 is 13.5. The molecule has 1 aromatic heterocycles. The number of anilines is 1. The number of carbonyl (C=O) groups is 3. The Bertz CT molecular complexity index is 1550. The number of thiophene rings is 1. The number of nitrogens with zero attached hydrogens (tertiary/aromatic N) is 2. The molecule has 3 fully saturated rings. The molecule has 6 rings (SSSR count). The van der Waals surface area contributed by atoms with Crippen LogP contribution < -0.4 is 5.32 Å². The summed E-state index contributed by atoms with van der Waals surface area (Å²) in [6.45, 7) is 11.2. The Morgan fingerprint density at radius 2 is 1.76 bits per heavy atom. The van der Waals surface area contributed by atoms with Crippen molar-refractivity contribution in [2.75, 3.05) is 31.6 Å². The first-order valence-electron chi connectivity index (χ1n) is 16.8. The van der Waals surface area contributed by atoms with Gasteiger partial charge in [0.1, 0.15) is 6.29 Å². The quantitative estimate of drug-likeness (QED) is 0.280. The number of ether oxygens (including phenoxy) is 2. The van der Waals surface area contributed by atoms with E-state index in [0.29, 0.717) is 25.1 Å². The molecular formula is C37H47N3O5S. The fraction of sp³-hybridized carbons (Fsp3) is 0.541. The van der Waals surface area contributed by atoms with Crippen molar-refractivity contribution in [3.63, 3.8) is 0 Å². The fourth-order valence-electron chi connectivity index (χ4n) is 7.58. The lowest BCUT2D eigenvalue weighted by Gasteiger charge is -2.38. The first-order valence-corrected chi connectivity index (χ1v) is 17.7. The zero-order valence-electron chi connectivity index (χ0n) is 27.5. The number of aldehydes is 1. The van der Waals surface area contributed by atoms with E-state index in [-0.39, 0.29) is 48.1 Å². The molecule has 0 radical (unpaired) electrons. The summed E-state index contributed by atoms with van der Waals surface area (Å²) in [5.74, 6) is 0.140. The van der Waals surface area contributed by atoms with E-state index >= 15 is 0 Å². The van der Waals surface area contributed by atoms with Crippen LogP contribution in [0.3, 0.4) is 0 Å². The summed E-state index contributed by atoms with van der Waals surface area (Å²) in [7, 11) is 0. The van der Waals surface area contributed by atoms with Gasteiger partial charge in [-0.15, -0.1) is 11.3 Å². The van der Waals surface area contributed by atoms with Crippen LogP contribution in [0.2, 0.25) is 0 Å². The number of morpholine rings is 1. The Labute approximate surface area is 276 Å². The Balaban J connectivity index is 1.14. The lowest BCUT2D eigenvalue weighted by atomic mass is 9.88. The highest BCUT2D eigenvalue weighted by Crippen LogP contribution is 2.31. The topological polar surface area (TPSA) is 88.2 Å². The molecule has 0 unspecified atom stereocenters. The molecule has 246 valence electrons. The smallest absolute Gasteiger partial charge is 0.257 e. The monoisotopic (exact) mass is 645 g/mol. The number of carbonyl (C=O) groups excluding carboxylic acids is 3. The summed E-state index contributed by atoms with van der Waals surface area (Å²) >= 11 is 1.57. The molecule has 0 bridgehead atoms. The lowest BCUT2D eigenvalue weighted by Crippen LogP contribution is -2.51. The number of benzene rings is 2. The maximum Gasteiger partial charge on any atom is 0.257 e.